The van der Waals surface area contributed by atoms with Crippen LogP contribution in [-0.2, 0) is 4.79 Å². The van der Waals surface area contributed by atoms with Gasteiger partial charge < -0.3 is 10.6 Å². The van der Waals surface area contributed by atoms with Gasteiger partial charge in [-0.15, -0.1) is 0 Å². The van der Waals surface area contributed by atoms with Gasteiger partial charge in [0.2, 0.25) is 5.91 Å². The Morgan fingerprint density at radius 1 is 1.10 bits per heavy atom. The molecule has 1 saturated heterocycles. The monoisotopic (exact) mass is 402 g/mol. The average Bonchev–Trinajstić information content (AvgIpc) is 3.29. The number of fused-ring (bicyclic) bond motifs is 1. The Morgan fingerprint density at radius 3 is 2.60 bits per heavy atom. The maximum Gasteiger partial charge on any atom is 0.231 e. The lowest BCUT2D eigenvalue weighted by Gasteiger charge is -2.32. The first-order valence-electron chi connectivity index (χ1n) is 10.2. The van der Waals surface area contributed by atoms with Crippen LogP contribution in [0, 0.1) is 17.7 Å². The molecule has 1 amide bonds. The molecule has 5 rings (SSSR count). The molecule has 4 atom stereocenters. The number of rotatable bonds is 3. The molecule has 1 aliphatic heterocycles. The Kier molecular flexibility index (Phi) is 4.51. The van der Waals surface area contributed by atoms with E-state index >= 15 is 0 Å². The number of amides is 1. The summed E-state index contributed by atoms with van der Waals surface area (Å²) in [5.41, 5.74) is 9.02. The van der Waals surface area contributed by atoms with Crippen LogP contribution in [0.2, 0.25) is 0 Å². The average molecular weight is 402 g/mol. The van der Waals surface area contributed by atoms with E-state index < -0.39 is 0 Å². The zero-order valence-electron chi connectivity index (χ0n) is 16.6. The van der Waals surface area contributed by atoms with E-state index in [1.165, 1.54) is 12.1 Å². The van der Waals surface area contributed by atoms with Crippen LogP contribution in [0.3, 0.4) is 0 Å². The number of hydrogen-bond acceptors (Lipinski definition) is 3. The van der Waals surface area contributed by atoms with E-state index in [9.17, 15) is 9.18 Å². The minimum absolute atomic E-state index is 0.0562. The number of nitrogens with two attached hydrogens (primary N) is 1. The summed E-state index contributed by atoms with van der Waals surface area (Å²) in [5, 5.41) is 5.38. The fourth-order valence-corrected chi connectivity index (χ4v) is 4.59. The minimum Gasteiger partial charge on any atom is -0.325 e. The predicted molar refractivity (Wildman–Crippen MR) is 116 cm³/mol. The molecule has 1 aliphatic carbocycles. The van der Waals surface area contributed by atoms with Crippen LogP contribution in [0.25, 0.3) is 16.6 Å². The van der Waals surface area contributed by atoms with Gasteiger partial charge in [-0.3, -0.25) is 4.79 Å². The van der Waals surface area contributed by atoms with E-state index in [1.54, 1.807) is 23.0 Å². The van der Waals surface area contributed by atoms with Crippen LogP contribution in [0.15, 0.2) is 73.0 Å². The lowest BCUT2D eigenvalue weighted by Crippen LogP contribution is -2.46. The van der Waals surface area contributed by atoms with Crippen molar-refractivity contribution in [1.82, 2.24) is 9.78 Å². The molecule has 0 spiro atoms. The van der Waals surface area contributed by atoms with Crippen LogP contribution in [-0.4, -0.2) is 27.8 Å². The quantitative estimate of drug-likeness (QED) is 0.721. The fraction of sp³-hybridized carbons (Fsp3) is 0.250. The molecule has 0 saturated carbocycles. The smallest absolute Gasteiger partial charge is 0.231 e. The number of halogens is 1. The lowest BCUT2D eigenvalue weighted by molar-refractivity contribution is -0.120. The second-order valence-corrected chi connectivity index (χ2v) is 8.05. The lowest BCUT2D eigenvalue weighted by atomic mass is 9.86. The Balaban J connectivity index is 1.54. The van der Waals surface area contributed by atoms with Crippen molar-refractivity contribution in [2.75, 3.05) is 4.90 Å². The maximum absolute atomic E-state index is 13.3. The van der Waals surface area contributed by atoms with Gasteiger partial charge in [-0.25, -0.2) is 9.07 Å². The van der Waals surface area contributed by atoms with E-state index in [1.807, 2.05) is 42.2 Å². The highest BCUT2D eigenvalue weighted by Gasteiger charge is 2.47. The van der Waals surface area contributed by atoms with Gasteiger partial charge in [0, 0.05) is 23.0 Å². The molecule has 6 heteroatoms. The van der Waals surface area contributed by atoms with Crippen molar-refractivity contribution >= 4 is 22.5 Å². The summed E-state index contributed by atoms with van der Waals surface area (Å²) in [6.07, 6.45) is 11.0. The van der Waals surface area contributed by atoms with Gasteiger partial charge >= 0.3 is 0 Å². The number of allylic oxidation sites excluding steroid dienone is 3. The van der Waals surface area contributed by atoms with Gasteiger partial charge in [0.25, 0.3) is 0 Å². The van der Waals surface area contributed by atoms with Crippen LogP contribution in [0.5, 0.6) is 0 Å². The van der Waals surface area contributed by atoms with Crippen molar-refractivity contribution in [1.29, 1.82) is 0 Å². The predicted octanol–water partition coefficient (Wildman–Crippen LogP) is 3.98. The molecule has 0 radical (unpaired) electrons. The molecule has 1 fully saturated rings. The molecule has 1 unspecified atom stereocenters. The summed E-state index contributed by atoms with van der Waals surface area (Å²) < 4.78 is 15.0. The number of benzene rings is 2. The summed E-state index contributed by atoms with van der Waals surface area (Å²) in [7, 11) is 0. The minimum atomic E-state index is -0.284. The summed E-state index contributed by atoms with van der Waals surface area (Å²) in [6.45, 7) is 1.91. The van der Waals surface area contributed by atoms with Gasteiger partial charge in [0.15, 0.2) is 0 Å². The maximum atomic E-state index is 13.3. The van der Waals surface area contributed by atoms with Crippen LogP contribution in [0.1, 0.15) is 13.3 Å². The SMILES string of the molecule is C[C@@H]1C(=O)N(c2ccc3c(cnn3-c3ccc(F)cc3)c2)[C@H](C2C=CC=CC2)[C@H]1N. The first-order valence-corrected chi connectivity index (χ1v) is 10.2. The van der Waals surface area contributed by atoms with Crippen molar-refractivity contribution in [3.05, 3.63) is 78.8 Å². The van der Waals surface area contributed by atoms with Crippen molar-refractivity contribution < 1.29 is 9.18 Å². The molecule has 5 nitrogen and oxygen atoms in total. The van der Waals surface area contributed by atoms with Gasteiger partial charge in [-0.2, -0.15) is 5.10 Å². The van der Waals surface area contributed by atoms with E-state index in [0.717, 1.165) is 28.7 Å². The Bertz CT molecular complexity index is 1160. The first-order chi connectivity index (χ1) is 14.5. The number of aromatic nitrogens is 2. The molecule has 1 aromatic heterocycles. The molecule has 2 aliphatic rings. The molecule has 0 bridgehead atoms. The van der Waals surface area contributed by atoms with Crippen molar-refractivity contribution in [2.24, 2.45) is 17.6 Å². The van der Waals surface area contributed by atoms with Crippen molar-refractivity contribution in [3.63, 3.8) is 0 Å². The first kappa shape index (κ1) is 18.8. The molecule has 2 N–H and O–H groups in total. The van der Waals surface area contributed by atoms with Gasteiger partial charge in [-0.05, 0) is 48.9 Å². The number of nitrogens with zero attached hydrogens (tertiary/aromatic N) is 3. The summed E-state index contributed by atoms with van der Waals surface area (Å²) in [5.74, 6) is -0.266. The van der Waals surface area contributed by atoms with Crippen LogP contribution < -0.4 is 10.6 Å². The molecule has 2 aromatic carbocycles. The van der Waals surface area contributed by atoms with Gasteiger partial charge in [0.05, 0.1) is 29.4 Å². The number of anilines is 1. The highest BCUT2D eigenvalue weighted by molar-refractivity contribution is 6.00. The van der Waals surface area contributed by atoms with Crippen LogP contribution >= 0.6 is 0 Å². The molecule has 30 heavy (non-hydrogen) atoms. The molecule has 2 heterocycles. The largest absolute Gasteiger partial charge is 0.325 e. The van der Waals surface area contributed by atoms with E-state index in [-0.39, 0.29) is 35.6 Å². The molecular formula is C24H23FN4O. The van der Waals surface area contributed by atoms with Crippen LogP contribution in [0.4, 0.5) is 10.1 Å². The Labute approximate surface area is 174 Å². The highest BCUT2D eigenvalue weighted by atomic mass is 19.1. The topological polar surface area (TPSA) is 64.2 Å². The van der Waals surface area contributed by atoms with E-state index in [4.69, 9.17) is 5.73 Å². The Morgan fingerprint density at radius 2 is 1.87 bits per heavy atom. The summed E-state index contributed by atoms with van der Waals surface area (Å²) >= 11 is 0. The van der Waals surface area contributed by atoms with Crippen molar-refractivity contribution in [2.45, 2.75) is 25.4 Å². The standard InChI is InChI=1S/C24H23FN4O/c1-15-22(26)23(16-5-3-2-4-6-16)28(24(15)30)20-11-12-21-17(13-20)14-27-29(21)19-9-7-18(25)8-10-19/h2-5,7-16,22-23H,6,26H2,1H3/t15-,16?,22-,23+/m0/s1. The number of carbonyl (C=O) groups is 1. The molecule has 3 aromatic rings. The third-order valence-corrected chi connectivity index (χ3v) is 6.25. The molecule has 152 valence electrons. The number of hydrogen-bond donors (Lipinski definition) is 1. The fourth-order valence-electron chi connectivity index (χ4n) is 4.59. The second kappa shape index (κ2) is 7.22. The van der Waals surface area contributed by atoms with E-state index in [0.29, 0.717) is 0 Å². The normalized spacial score (nSPS) is 26.1. The Hall–Kier alpha value is -3.25. The number of carbonyl (C=O) groups excluding carboxylic acids is 1. The summed E-state index contributed by atoms with van der Waals surface area (Å²) in [4.78, 5) is 15.0. The van der Waals surface area contributed by atoms with Gasteiger partial charge in [0.1, 0.15) is 5.82 Å². The highest BCUT2D eigenvalue weighted by Crippen LogP contribution is 2.37. The molecular weight excluding hydrogens is 379 g/mol. The third-order valence-electron chi connectivity index (χ3n) is 6.25. The van der Waals surface area contributed by atoms with E-state index in [2.05, 4.69) is 17.3 Å². The second-order valence-electron chi connectivity index (χ2n) is 8.05. The van der Waals surface area contributed by atoms with Crippen molar-refractivity contribution in [3.8, 4) is 5.69 Å². The zero-order chi connectivity index (χ0) is 20.8. The third kappa shape index (κ3) is 2.95. The van der Waals surface area contributed by atoms with Gasteiger partial charge in [-0.1, -0.05) is 31.2 Å². The zero-order valence-corrected chi connectivity index (χ0v) is 16.6. The summed E-state index contributed by atoms with van der Waals surface area (Å²) in [6, 6.07) is 11.8.